The van der Waals surface area contributed by atoms with E-state index in [1.165, 1.54) is 25.9 Å². The van der Waals surface area contributed by atoms with Gasteiger partial charge in [0, 0.05) is 12.6 Å². The quantitative estimate of drug-likeness (QED) is 0.610. The van der Waals surface area contributed by atoms with Crippen LogP contribution in [-0.4, -0.2) is 24.0 Å². The maximum Gasteiger partial charge on any atom is 0.0150 e. The van der Waals surface area contributed by atoms with E-state index in [-0.39, 0.29) is 0 Å². The maximum atomic E-state index is 2.70. The molecule has 3 atom stereocenters. The van der Waals surface area contributed by atoms with Gasteiger partial charge in [0.15, 0.2) is 0 Å². The molecule has 70 valence electrons. The molecule has 12 heavy (non-hydrogen) atoms. The summed E-state index contributed by atoms with van der Waals surface area (Å²) < 4.78 is 0. The van der Waals surface area contributed by atoms with Crippen molar-refractivity contribution in [1.29, 1.82) is 0 Å². The summed E-state index contributed by atoms with van der Waals surface area (Å²) in [5.74, 6) is 2.99. The van der Waals surface area contributed by atoms with E-state index in [1.807, 2.05) is 0 Å². The second-order valence-electron chi connectivity index (χ2n) is 4.82. The van der Waals surface area contributed by atoms with E-state index in [4.69, 9.17) is 0 Å². The fraction of sp³-hybridized carbons (Fsp3) is 1.00. The second-order valence-corrected chi connectivity index (χ2v) is 4.82. The van der Waals surface area contributed by atoms with Crippen molar-refractivity contribution in [1.82, 2.24) is 4.90 Å². The number of likely N-dealkylation sites (tertiary alicyclic amines) is 1. The summed E-state index contributed by atoms with van der Waals surface area (Å²) in [6, 6.07) is 0.911. The van der Waals surface area contributed by atoms with Gasteiger partial charge in [0.25, 0.3) is 0 Å². The highest BCUT2D eigenvalue weighted by Crippen LogP contribution is 2.46. The molecular weight excluding hydrogens is 146 g/mol. The summed E-state index contributed by atoms with van der Waals surface area (Å²) in [5.41, 5.74) is 0. The molecular formula is C11H21N. The molecule has 1 nitrogen and oxygen atoms in total. The number of rotatable bonds is 2. The fourth-order valence-corrected chi connectivity index (χ4v) is 3.22. The molecule has 2 aliphatic rings. The minimum Gasteiger partial charge on any atom is -0.300 e. The average molecular weight is 167 g/mol. The molecule has 0 amide bonds. The molecule has 0 aromatic carbocycles. The van der Waals surface area contributed by atoms with Crippen molar-refractivity contribution in [2.75, 3.05) is 13.1 Å². The summed E-state index contributed by atoms with van der Waals surface area (Å²) in [6.45, 7) is 9.72. The van der Waals surface area contributed by atoms with E-state index < -0.39 is 0 Å². The SMILES string of the molecule is CCN1CC2CCC2C1C(C)C. The van der Waals surface area contributed by atoms with Crippen molar-refractivity contribution in [3.8, 4) is 0 Å². The van der Waals surface area contributed by atoms with Crippen LogP contribution in [0.1, 0.15) is 33.6 Å². The van der Waals surface area contributed by atoms with Gasteiger partial charge in [-0.3, -0.25) is 4.90 Å². The van der Waals surface area contributed by atoms with E-state index >= 15 is 0 Å². The van der Waals surface area contributed by atoms with Crippen LogP contribution >= 0.6 is 0 Å². The number of nitrogens with zero attached hydrogens (tertiary/aromatic N) is 1. The Morgan fingerprint density at radius 2 is 2.08 bits per heavy atom. The zero-order chi connectivity index (χ0) is 8.72. The Morgan fingerprint density at radius 3 is 2.50 bits per heavy atom. The van der Waals surface area contributed by atoms with Crippen LogP contribution in [0.2, 0.25) is 0 Å². The van der Waals surface area contributed by atoms with Gasteiger partial charge in [-0.15, -0.1) is 0 Å². The van der Waals surface area contributed by atoms with Crippen molar-refractivity contribution in [2.45, 2.75) is 39.7 Å². The van der Waals surface area contributed by atoms with Crippen molar-refractivity contribution in [2.24, 2.45) is 17.8 Å². The highest BCUT2D eigenvalue weighted by molar-refractivity contribution is 4.99. The van der Waals surface area contributed by atoms with E-state index in [2.05, 4.69) is 25.7 Å². The lowest BCUT2D eigenvalue weighted by molar-refractivity contribution is 0.147. The third-order valence-corrected chi connectivity index (χ3v) is 3.89. The van der Waals surface area contributed by atoms with E-state index in [9.17, 15) is 0 Å². The van der Waals surface area contributed by atoms with E-state index in [0.717, 1.165) is 23.8 Å². The van der Waals surface area contributed by atoms with Crippen molar-refractivity contribution in [3.05, 3.63) is 0 Å². The van der Waals surface area contributed by atoms with Crippen LogP contribution in [0.15, 0.2) is 0 Å². The maximum absolute atomic E-state index is 2.70. The predicted octanol–water partition coefficient (Wildman–Crippen LogP) is 2.37. The standard InChI is InChI=1S/C11H21N/c1-4-12-7-9-5-6-10(9)11(12)8(2)3/h8-11H,4-7H2,1-3H3. The Kier molecular flexibility index (Phi) is 2.16. The van der Waals surface area contributed by atoms with Gasteiger partial charge >= 0.3 is 0 Å². The van der Waals surface area contributed by atoms with Crippen LogP contribution in [0.25, 0.3) is 0 Å². The molecule has 0 N–H and O–H groups in total. The molecule has 0 aromatic rings. The fourth-order valence-electron chi connectivity index (χ4n) is 3.22. The Balaban J connectivity index is 2.06. The van der Waals surface area contributed by atoms with Crippen LogP contribution in [0.4, 0.5) is 0 Å². The van der Waals surface area contributed by atoms with Crippen LogP contribution in [0, 0.1) is 17.8 Å². The van der Waals surface area contributed by atoms with E-state index in [0.29, 0.717) is 0 Å². The minimum atomic E-state index is 0.861. The van der Waals surface area contributed by atoms with Gasteiger partial charge in [0.05, 0.1) is 0 Å². The number of hydrogen-bond donors (Lipinski definition) is 0. The van der Waals surface area contributed by atoms with Gasteiger partial charge in [0.2, 0.25) is 0 Å². The van der Waals surface area contributed by atoms with Gasteiger partial charge < -0.3 is 0 Å². The number of fused-ring (bicyclic) bond motifs is 1. The number of hydrogen-bond acceptors (Lipinski definition) is 1. The normalized spacial score (nSPS) is 41.5. The Hall–Kier alpha value is -0.0400. The average Bonchev–Trinajstić information content (AvgIpc) is 2.23. The molecule has 1 saturated carbocycles. The van der Waals surface area contributed by atoms with Gasteiger partial charge in [-0.05, 0) is 37.1 Å². The molecule has 3 unspecified atom stereocenters. The Bertz CT molecular complexity index is 164. The Morgan fingerprint density at radius 1 is 1.33 bits per heavy atom. The van der Waals surface area contributed by atoms with Crippen molar-refractivity contribution < 1.29 is 0 Å². The highest BCUT2D eigenvalue weighted by Gasteiger charge is 2.46. The lowest BCUT2D eigenvalue weighted by Crippen LogP contribution is -2.38. The minimum absolute atomic E-state index is 0.861. The molecule has 0 spiro atoms. The Labute approximate surface area is 76.1 Å². The molecule has 1 heteroatoms. The lowest BCUT2D eigenvalue weighted by Gasteiger charge is -2.36. The predicted molar refractivity (Wildman–Crippen MR) is 52.1 cm³/mol. The van der Waals surface area contributed by atoms with Gasteiger partial charge in [0.1, 0.15) is 0 Å². The summed E-state index contributed by atoms with van der Waals surface area (Å²) in [5, 5.41) is 0. The molecule has 2 fully saturated rings. The van der Waals surface area contributed by atoms with Crippen LogP contribution in [0.5, 0.6) is 0 Å². The first-order valence-electron chi connectivity index (χ1n) is 5.48. The van der Waals surface area contributed by atoms with Gasteiger partial charge in [-0.2, -0.15) is 0 Å². The van der Waals surface area contributed by atoms with Crippen molar-refractivity contribution >= 4 is 0 Å². The zero-order valence-corrected chi connectivity index (χ0v) is 8.59. The monoisotopic (exact) mass is 167 g/mol. The molecule has 1 saturated heterocycles. The first kappa shape index (κ1) is 8.55. The van der Waals surface area contributed by atoms with Crippen LogP contribution < -0.4 is 0 Å². The molecule has 0 radical (unpaired) electrons. The summed E-state index contributed by atoms with van der Waals surface area (Å²) in [6.07, 6.45) is 3.01. The molecule has 1 aliphatic carbocycles. The smallest absolute Gasteiger partial charge is 0.0150 e. The first-order valence-corrected chi connectivity index (χ1v) is 5.48. The molecule has 0 bridgehead atoms. The van der Waals surface area contributed by atoms with E-state index in [1.54, 1.807) is 0 Å². The molecule has 2 rings (SSSR count). The van der Waals surface area contributed by atoms with Crippen LogP contribution in [-0.2, 0) is 0 Å². The summed E-state index contributed by atoms with van der Waals surface area (Å²) in [7, 11) is 0. The molecule has 1 heterocycles. The molecule has 0 aromatic heterocycles. The lowest BCUT2D eigenvalue weighted by atomic mass is 9.71. The van der Waals surface area contributed by atoms with Gasteiger partial charge in [-0.1, -0.05) is 20.8 Å². The van der Waals surface area contributed by atoms with Gasteiger partial charge in [-0.25, -0.2) is 0 Å². The molecule has 1 aliphatic heterocycles. The highest BCUT2D eigenvalue weighted by atomic mass is 15.2. The third kappa shape index (κ3) is 1.10. The van der Waals surface area contributed by atoms with Crippen LogP contribution in [0.3, 0.4) is 0 Å². The largest absolute Gasteiger partial charge is 0.300 e. The summed E-state index contributed by atoms with van der Waals surface area (Å²) >= 11 is 0. The second kappa shape index (κ2) is 3.02. The summed E-state index contributed by atoms with van der Waals surface area (Å²) in [4.78, 5) is 2.70. The zero-order valence-electron chi connectivity index (χ0n) is 8.59. The first-order chi connectivity index (χ1) is 5.74. The third-order valence-electron chi connectivity index (χ3n) is 3.89. The topological polar surface area (TPSA) is 3.24 Å². The van der Waals surface area contributed by atoms with Crippen molar-refractivity contribution in [3.63, 3.8) is 0 Å².